The molecule has 0 aromatic carbocycles. The maximum absolute atomic E-state index is 9.45. The Labute approximate surface area is 89.5 Å². The molecule has 1 fully saturated rings. The Morgan fingerprint density at radius 1 is 1.67 bits per heavy atom. The van der Waals surface area contributed by atoms with Crippen molar-refractivity contribution in [1.82, 2.24) is 20.1 Å². The highest BCUT2D eigenvalue weighted by Gasteiger charge is 2.27. The molecule has 2 atom stereocenters. The van der Waals surface area contributed by atoms with Crippen LogP contribution < -0.4 is 5.32 Å². The van der Waals surface area contributed by atoms with E-state index in [9.17, 15) is 5.11 Å². The smallest absolute Gasteiger partial charge is 0.150 e. The van der Waals surface area contributed by atoms with Crippen molar-refractivity contribution in [2.75, 3.05) is 6.54 Å². The van der Waals surface area contributed by atoms with Crippen molar-refractivity contribution >= 4 is 0 Å². The zero-order valence-corrected chi connectivity index (χ0v) is 9.22. The number of hydrogen-bond donors (Lipinski definition) is 2. The largest absolute Gasteiger partial charge is 0.392 e. The first-order chi connectivity index (χ1) is 7.16. The van der Waals surface area contributed by atoms with E-state index in [2.05, 4.69) is 33.9 Å². The number of hydrogen-bond acceptors (Lipinski definition) is 4. The van der Waals surface area contributed by atoms with Crippen LogP contribution in [0.15, 0.2) is 6.33 Å². The lowest BCUT2D eigenvalue weighted by molar-refractivity contribution is 0.192. The molecule has 0 radical (unpaired) electrons. The molecule has 1 aromatic rings. The molecule has 0 saturated carbocycles. The fourth-order valence-electron chi connectivity index (χ4n) is 1.98. The summed E-state index contributed by atoms with van der Waals surface area (Å²) in [6, 6.07) is 0.154. The van der Waals surface area contributed by atoms with Crippen molar-refractivity contribution in [2.24, 2.45) is 5.92 Å². The van der Waals surface area contributed by atoms with Gasteiger partial charge in [0.2, 0.25) is 0 Å². The van der Waals surface area contributed by atoms with Crippen LogP contribution in [0.4, 0.5) is 0 Å². The van der Waals surface area contributed by atoms with E-state index in [1.807, 2.05) is 0 Å². The van der Waals surface area contributed by atoms with Crippen molar-refractivity contribution in [3.05, 3.63) is 12.2 Å². The van der Waals surface area contributed by atoms with E-state index in [1.54, 1.807) is 6.33 Å². The molecule has 84 valence electrons. The van der Waals surface area contributed by atoms with E-state index in [0.29, 0.717) is 12.5 Å². The van der Waals surface area contributed by atoms with Gasteiger partial charge in [-0.05, 0) is 12.3 Å². The minimum atomic E-state index is -0.251. The molecule has 1 aliphatic heterocycles. The van der Waals surface area contributed by atoms with Crippen LogP contribution >= 0.6 is 0 Å². The van der Waals surface area contributed by atoms with Gasteiger partial charge in [0, 0.05) is 13.1 Å². The lowest BCUT2D eigenvalue weighted by Crippen LogP contribution is -2.19. The number of aromatic nitrogens is 3. The molecule has 5 nitrogen and oxygen atoms in total. The molecule has 0 aliphatic carbocycles. The van der Waals surface area contributed by atoms with Gasteiger partial charge in [0.05, 0.1) is 12.1 Å². The Balaban J connectivity index is 2.10. The van der Waals surface area contributed by atoms with Crippen LogP contribution in [0.5, 0.6) is 0 Å². The highest BCUT2D eigenvalue weighted by molar-refractivity contribution is 4.99. The molecule has 0 unspecified atom stereocenters. The summed E-state index contributed by atoms with van der Waals surface area (Å²) in [6.45, 7) is 5.91. The zero-order valence-electron chi connectivity index (χ0n) is 9.22. The van der Waals surface area contributed by atoms with Gasteiger partial charge < -0.3 is 15.0 Å². The van der Waals surface area contributed by atoms with E-state index in [4.69, 9.17) is 0 Å². The van der Waals surface area contributed by atoms with Crippen LogP contribution in [-0.2, 0) is 6.54 Å². The van der Waals surface area contributed by atoms with Gasteiger partial charge in [-0.2, -0.15) is 0 Å². The minimum absolute atomic E-state index is 0.154. The van der Waals surface area contributed by atoms with Crippen LogP contribution in [0.1, 0.15) is 32.1 Å². The summed E-state index contributed by atoms with van der Waals surface area (Å²) in [7, 11) is 0. The first kappa shape index (κ1) is 10.6. The Hall–Kier alpha value is -0.940. The zero-order chi connectivity index (χ0) is 10.8. The molecule has 15 heavy (non-hydrogen) atoms. The van der Waals surface area contributed by atoms with Gasteiger partial charge in [0.25, 0.3) is 0 Å². The van der Waals surface area contributed by atoms with Gasteiger partial charge in [0.15, 0.2) is 0 Å². The maximum Gasteiger partial charge on any atom is 0.150 e. The summed E-state index contributed by atoms with van der Waals surface area (Å²) in [5.41, 5.74) is 0. The average Bonchev–Trinajstić information content (AvgIpc) is 2.72. The third-order valence-electron chi connectivity index (χ3n) is 2.63. The highest BCUT2D eigenvalue weighted by Crippen LogP contribution is 2.21. The SMILES string of the molecule is CC(C)Cn1cnnc1[C@@H]1C[C@@H](O)CN1. The van der Waals surface area contributed by atoms with Crippen molar-refractivity contribution in [3.8, 4) is 0 Å². The third kappa shape index (κ3) is 2.35. The van der Waals surface area contributed by atoms with Crippen LogP contribution in [0, 0.1) is 5.92 Å². The molecule has 1 saturated heterocycles. The molecule has 0 spiro atoms. The Morgan fingerprint density at radius 3 is 3.07 bits per heavy atom. The summed E-state index contributed by atoms with van der Waals surface area (Å²) in [4.78, 5) is 0. The summed E-state index contributed by atoms with van der Waals surface area (Å²) in [6.07, 6.45) is 2.25. The second-order valence-electron chi connectivity index (χ2n) is 4.59. The van der Waals surface area contributed by atoms with Crippen molar-refractivity contribution < 1.29 is 5.11 Å². The first-order valence-electron chi connectivity index (χ1n) is 5.46. The normalized spacial score (nSPS) is 26.4. The van der Waals surface area contributed by atoms with Crippen molar-refractivity contribution in [1.29, 1.82) is 0 Å². The molecule has 1 aliphatic rings. The predicted octanol–water partition coefficient (Wildman–Crippen LogP) is 0.329. The van der Waals surface area contributed by atoms with E-state index >= 15 is 0 Å². The molecule has 2 heterocycles. The maximum atomic E-state index is 9.45. The Kier molecular flexibility index (Phi) is 3.02. The van der Waals surface area contributed by atoms with E-state index in [0.717, 1.165) is 18.8 Å². The fourth-order valence-corrected chi connectivity index (χ4v) is 1.98. The van der Waals surface area contributed by atoms with Crippen LogP contribution in [0.3, 0.4) is 0 Å². The standard InChI is InChI=1S/C10H18N4O/c1-7(2)5-14-6-12-13-10(14)9-3-8(15)4-11-9/h6-9,11,15H,3-5H2,1-2H3/t8-,9+/m1/s1. The van der Waals surface area contributed by atoms with E-state index in [-0.39, 0.29) is 12.1 Å². The predicted molar refractivity (Wildman–Crippen MR) is 56.2 cm³/mol. The van der Waals surface area contributed by atoms with Gasteiger partial charge in [-0.15, -0.1) is 10.2 Å². The van der Waals surface area contributed by atoms with Gasteiger partial charge in [-0.1, -0.05) is 13.8 Å². The molecular formula is C10H18N4O. The molecule has 2 N–H and O–H groups in total. The first-order valence-corrected chi connectivity index (χ1v) is 5.46. The topological polar surface area (TPSA) is 63.0 Å². The lowest BCUT2D eigenvalue weighted by Gasteiger charge is -2.13. The van der Waals surface area contributed by atoms with Gasteiger partial charge in [-0.3, -0.25) is 0 Å². The number of aliphatic hydroxyl groups is 1. The summed E-state index contributed by atoms with van der Waals surface area (Å²) >= 11 is 0. The summed E-state index contributed by atoms with van der Waals surface area (Å²) in [5, 5.41) is 20.8. The highest BCUT2D eigenvalue weighted by atomic mass is 16.3. The summed E-state index contributed by atoms with van der Waals surface area (Å²) < 4.78 is 2.07. The number of nitrogens with zero attached hydrogens (tertiary/aromatic N) is 3. The van der Waals surface area contributed by atoms with Crippen LogP contribution in [-0.4, -0.2) is 32.5 Å². The molecule has 5 heteroatoms. The molecule has 1 aromatic heterocycles. The number of β-amino-alcohol motifs (C(OH)–C–C–N with tert-alkyl or cyclic N) is 1. The average molecular weight is 210 g/mol. The van der Waals surface area contributed by atoms with E-state index in [1.165, 1.54) is 0 Å². The van der Waals surface area contributed by atoms with Crippen molar-refractivity contribution in [3.63, 3.8) is 0 Å². The van der Waals surface area contributed by atoms with Crippen LogP contribution in [0.2, 0.25) is 0 Å². The van der Waals surface area contributed by atoms with E-state index < -0.39 is 0 Å². The van der Waals surface area contributed by atoms with Crippen molar-refractivity contribution in [2.45, 2.75) is 39.0 Å². The van der Waals surface area contributed by atoms with Gasteiger partial charge >= 0.3 is 0 Å². The molecule has 2 rings (SSSR count). The second-order valence-corrected chi connectivity index (χ2v) is 4.59. The minimum Gasteiger partial charge on any atom is -0.392 e. The Morgan fingerprint density at radius 2 is 2.47 bits per heavy atom. The molecule has 0 bridgehead atoms. The summed E-state index contributed by atoms with van der Waals surface area (Å²) in [5.74, 6) is 1.52. The number of aliphatic hydroxyl groups excluding tert-OH is 1. The fraction of sp³-hybridized carbons (Fsp3) is 0.800. The number of nitrogens with one attached hydrogen (secondary N) is 1. The Bertz CT molecular complexity index is 323. The lowest BCUT2D eigenvalue weighted by atomic mass is 10.2. The third-order valence-corrected chi connectivity index (χ3v) is 2.63. The second kappa shape index (κ2) is 4.28. The quantitative estimate of drug-likeness (QED) is 0.754. The molecule has 0 amide bonds. The van der Waals surface area contributed by atoms with Gasteiger partial charge in [0.1, 0.15) is 12.2 Å². The monoisotopic (exact) mass is 210 g/mol. The molecular weight excluding hydrogens is 192 g/mol. The van der Waals surface area contributed by atoms with Crippen LogP contribution in [0.25, 0.3) is 0 Å². The van der Waals surface area contributed by atoms with Gasteiger partial charge in [-0.25, -0.2) is 0 Å². The number of rotatable bonds is 3.